The van der Waals surface area contributed by atoms with Crippen LogP contribution in [0.3, 0.4) is 0 Å². The van der Waals surface area contributed by atoms with Gasteiger partial charge >= 0.3 is 12.2 Å². The van der Waals surface area contributed by atoms with Crippen LogP contribution in [-0.2, 0) is 6.42 Å². The predicted octanol–water partition coefficient (Wildman–Crippen LogP) is 6.32. The van der Waals surface area contributed by atoms with Crippen molar-refractivity contribution in [3.8, 4) is 22.6 Å². The van der Waals surface area contributed by atoms with Gasteiger partial charge in [0.1, 0.15) is 11.5 Å². The maximum absolute atomic E-state index is 11.4. The van der Waals surface area contributed by atoms with Gasteiger partial charge < -0.3 is 19.7 Å². The smallest absolute Gasteiger partial charge is 0.409 e. The van der Waals surface area contributed by atoms with Crippen LogP contribution in [0.5, 0.6) is 11.5 Å². The van der Waals surface area contributed by atoms with Gasteiger partial charge in [-0.15, -0.1) is 0 Å². The summed E-state index contributed by atoms with van der Waals surface area (Å²) in [5, 5.41) is 18.6. The molecule has 0 aliphatic carbocycles. The molecule has 0 aliphatic heterocycles. The Hall–Kier alpha value is -3.68. The van der Waals surface area contributed by atoms with Gasteiger partial charge in [0.2, 0.25) is 0 Å². The number of nitrogens with zero attached hydrogens (tertiary/aromatic N) is 2. The van der Waals surface area contributed by atoms with E-state index in [2.05, 4.69) is 13.5 Å². The van der Waals surface area contributed by atoms with Crippen molar-refractivity contribution < 1.29 is 29.3 Å². The minimum Gasteiger partial charge on any atom is -0.472 e. The van der Waals surface area contributed by atoms with Crippen molar-refractivity contribution in [2.45, 2.75) is 46.5 Å². The summed E-state index contributed by atoms with van der Waals surface area (Å²) < 4.78 is 12.1. The van der Waals surface area contributed by atoms with Gasteiger partial charge in [-0.3, -0.25) is 9.80 Å². The molecule has 0 aromatic heterocycles. The highest BCUT2D eigenvalue weighted by molar-refractivity contribution is 5.87. The number of hydrogen-bond acceptors (Lipinski definition) is 4. The van der Waals surface area contributed by atoms with Crippen molar-refractivity contribution in [2.24, 2.45) is 0 Å². The Morgan fingerprint density at radius 3 is 1.94 bits per heavy atom. The van der Waals surface area contributed by atoms with Gasteiger partial charge in [0.15, 0.2) is 13.5 Å². The lowest BCUT2D eigenvalue weighted by Gasteiger charge is -2.23. The SMILES string of the molecule is C=C(C)c1ccc(C)cc1-c1c(OCN(C)C(=O)O)cc(CCCCC)cc1OCN(C)C(=O)O. The first-order valence-corrected chi connectivity index (χ1v) is 11.6. The highest BCUT2D eigenvalue weighted by Gasteiger charge is 2.21. The van der Waals surface area contributed by atoms with Gasteiger partial charge in [-0.1, -0.05) is 55.7 Å². The number of rotatable bonds is 12. The lowest BCUT2D eigenvalue weighted by molar-refractivity contribution is 0.113. The average molecular weight is 485 g/mol. The topological polar surface area (TPSA) is 99.5 Å². The van der Waals surface area contributed by atoms with E-state index in [9.17, 15) is 19.8 Å². The van der Waals surface area contributed by atoms with E-state index in [1.165, 1.54) is 14.1 Å². The Morgan fingerprint density at radius 2 is 1.49 bits per heavy atom. The van der Waals surface area contributed by atoms with E-state index in [1.807, 2.05) is 44.2 Å². The molecule has 0 saturated carbocycles. The maximum Gasteiger partial charge on any atom is 0.409 e. The van der Waals surface area contributed by atoms with Crippen LogP contribution >= 0.6 is 0 Å². The van der Waals surface area contributed by atoms with Gasteiger partial charge in [-0.25, -0.2) is 9.59 Å². The number of hydrogen-bond donors (Lipinski definition) is 2. The number of aryl methyl sites for hydroxylation is 2. The van der Waals surface area contributed by atoms with Crippen LogP contribution in [0, 0.1) is 6.92 Å². The lowest BCUT2D eigenvalue weighted by atomic mass is 9.91. The molecule has 0 aliphatic rings. The van der Waals surface area contributed by atoms with E-state index in [0.717, 1.165) is 63.3 Å². The van der Waals surface area contributed by atoms with Crippen LogP contribution in [-0.4, -0.2) is 59.8 Å². The summed E-state index contributed by atoms with van der Waals surface area (Å²) in [5.74, 6) is 0.932. The van der Waals surface area contributed by atoms with Gasteiger partial charge in [-0.2, -0.15) is 0 Å². The fourth-order valence-electron chi connectivity index (χ4n) is 3.54. The Labute approximate surface area is 207 Å². The molecule has 2 amide bonds. The molecular formula is C27H36N2O6. The zero-order valence-electron chi connectivity index (χ0n) is 21.3. The normalized spacial score (nSPS) is 10.5. The molecule has 0 radical (unpaired) electrons. The number of amides is 2. The highest BCUT2D eigenvalue weighted by atomic mass is 16.5. The summed E-state index contributed by atoms with van der Waals surface area (Å²) in [6.07, 6.45) is 1.68. The summed E-state index contributed by atoms with van der Waals surface area (Å²) in [6, 6.07) is 9.79. The first-order valence-electron chi connectivity index (χ1n) is 11.6. The van der Waals surface area contributed by atoms with Crippen LogP contribution < -0.4 is 9.47 Å². The summed E-state index contributed by atoms with van der Waals surface area (Å²) >= 11 is 0. The maximum atomic E-state index is 11.4. The highest BCUT2D eigenvalue weighted by Crippen LogP contribution is 2.43. The average Bonchev–Trinajstić information content (AvgIpc) is 2.80. The first-order chi connectivity index (χ1) is 16.5. The molecule has 2 aromatic rings. The van der Waals surface area contributed by atoms with Gasteiger partial charge in [-0.05, 0) is 55.5 Å². The third-order valence-corrected chi connectivity index (χ3v) is 5.58. The quantitative estimate of drug-likeness (QED) is 0.270. The Morgan fingerprint density at radius 1 is 0.943 bits per heavy atom. The number of ether oxygens (including phenoxy) is 2. The third kappa shape index (κ3) is 7.67. The van der Waals surface area contributed by atoms with Crippen molar-refractivity contribution in [3.05, 3.63) is 53.6 Å². The second-order valence-corrected chi connectivity index (χ2v) is 8.76. The van der Waals surface area contributed by atoms with Crippen molar-refractivity contribution in [1.82, 2.24) is 9.80 Å². The third-order valence-electron chi connectivity index (χ3n) is 5.58. The zero-order chi connectivity index (χ0) is 26.1. The molecule has 0 fully saturated rings. The van der Waals surface area contributed by atoms with Crippen molar-refractivity contribution in [3.63, 3.8) is 0 Å². The number of unbranched alkanes of at least 4 members (excludes halogenated alkanes) is 2. The second kappa shape index (κ2) is 12.7. The fourth-order valence-corrected chi connectivity index (χ4v) is 3.54. The predicted molar refractivity (Wildman–Crippen MR) is 137 cm³/mol. The summed E-state index contributed by atoms with van der Waals surface area (Å²) in [7, 11) is 2.86. The van der Waals surface area contributed by atoms with Gasteiger partial charge in [0.05, 0.1) is 5.56 Å². The zero-order valence-corrected chi connectivity index (χ0v) is 21.3. The van der Waals surface area contributed by atoms with Crippen molar-refractivity contribution in [2.75, 3.05) is 27.6 Å². The van der Waals surface area contributed by atoms with Crippen molar-refractivity contribution in [1.29, 1.82) is 0 Å². The van der Waals surface area contributed by atoms with Crippen LogP contribution in [0.2, 0.25) is 0 Å². The first kappa shape index (κ1) is 27.6. The molecule has 8 nitrogen and oxygen atoms in total. The lowest BCUT2D eigenvalue weighted by Crippen LogP contribution is -2.29. The molecule has 2 N–H and O–H groups in total. The fraction of sp³-hybridized carbons (Fsp3) is 0.407. The van der Waals surface area contributed by atoms with Gasteiger partial charge in [0.25, 0.3) is 0 Å². The van der Waals surface area contributed by atoms with E-state index in [1.54, 1.807) is 0 Å². The minimum absolute atomic E-state index is 0.177. The molecule has 0 heterocycles. The molecule has 0 unspecified atom stereocenters. The molecule has 2 rings (SSSR count). The minimum atomic E-state index is -1.11. The summed E-state index contributed by atoms with van der Waals surface area (Å²) in [5.41, 5.74) is 5.16. The molecule has 8 heteroatoms. The molecule has 0 saturated heterocycles. The van der Waals surface area contributed by atoms with Crippen molar-refractivity contribution >= 4 is 17.8 Å². The Balaban J connectivity index is 2.71. The molecule has 0 spiro atoms. The molecule has 0 bridgehead atoms. The molecule has 190 valence electrons. The molecular weight excluding hydrogens is 448 g/mol. The Kier molecular flexibility index (Phi) is 9.99. The largest absolute Gasteiger partial charge is 0.472 e. The number of allylic oxidation sites excluding steroid dienone is 1. The standard InChI is InChI=1S/C27H36N2O6/c1-7-8-9-10-20-14-23(34-16-28(5)26(30)31)25(24(15-20)35-17-29(6)27(32)33)22-13-19(4)11-12-21(22)18(2)3/h11-15H,2,7-10,16-17H2,1,3-6H3,(H,30,31)(H,32,33). The molecule has 2 aromatic carbocycles. The van der Waals surface area contributed by atoms with Crippen LogP contribution in [0.1, 0.15) is 49.8 Å². The van der Waals surface area contributed by atoms with E-state index >= 15 is 0 Å². The summed E-state index contributed by atoms with van der Waals surface area (Å²) in [6.45, 7) is 9.77. The van der Waals surface area contributed by atoms with Crippen LogP contribution in [0.4, 0.5) is 9.59 Å². The monoisotopic (exact) mass is 484 g/mol. The summed E-state index contributed by atoms with van der Waals surface area (Å²) in [4.78, 5) is 24.8. The molecule has 35 heavy (non-hydrogen) atoms. The second-order valence-electron chi connectivity index (χ2n) is 8.76. The number of benzene rings is 2. The number of carboxylic acid groups (broad SMARTS) is 2. The van der Waals surface area contributed by atoms with E-state index in [4.69, 9.17) is 9.47 Å². The van der Waals surface area contributed by atoms with Gasteiger partial charge in [0, 0.05) is 14.1 Å². The van der Waals surface area contributed by atoms with E-state index in [-0.39, 0.29) is 13.5 Å². The van der Waals surface area contributed by atoms with E-state index < -0.39 is 12.2 Å². The number of carbonyl (C=O) groups is 2. The Bertz CT molecular complexity index is 1020. The molecule has 0 atom stereocenters. The van der Waals surface area contributed by atoms with Crippen LogP contribution in [0.25, 0.3) is 16.7 Å². The van der Waals surface area contributed by atoms with Crippen LogP contribution in [0.15, 0.2) is 36.9 Å². The van der Waals surface area contributed by atoms with E-state index in [0.29, 0.717) is 17.1 Å².